The Bertz CT molecular complexity index is 945. The van der Waals surface area contributed by atoms with E-state index in [1.807, 2.05) is 0 Å². The highest BCUT2D eigenvalue weighted by Crippen LogP contribution is 2.28. The van der Waals surface area contributed by atoms with Crippen LogP contribution in [0.2, 0.25) is 0 Å². The van der Waals surface area contributed by atoms with Crippen molar-refractivity contribution in [3.63, 3.8) is 0 Å². The molecule has 0 unspecified atom stereocenters. The van der Waals surface area contributed by atoms with E-state index in [2.05, 4.69) is 84.0 Å². The predicted molar refractivity (Wildman–Crippen MR) is 144 cm³/mol. The summed E-state index contributed by atoms with van der Waals surface area (Å²) >= 11 is 1.74. The third-order valence-electron chi connectivity index (χ3n) is 6.06. The van der Waals surface area contributed by atoms with Gasteiger partial charge >= 0.3 is 0 Å². The second-order valence-electron chi connectivity index (χ2n) is 8.88. The molecule has 0 heterocycles. The third kappa shape index (κ3) is 7.28. The van der Waals surface area contributed by atoms with Gasteiger partial charge in [0.25, 0.3) is 0 Å². The quantitative estimate of drug-likeness (QED) is 0.324. The monoisotopic (exact) mass is 432 g/mol. The fraction of sp³-hybridized carbons (Fsp3) is 0.400. The lowest BCUT2D eigenvalue weighted by Crippen LogP contribution is -1.98. The average molecular weight is 433 g/mol. The van der Waals surface area contributed by atoms with Gasteiger partial charge in [-0.2, -0.15) is 0 Å². The van der Waals surface area contributed by atoms with Crippen LogP contribution in [0.1, 0.15) is 79.0 Å². The lowest BCUT2D eigenvalue weighted by molar-refractivity contribution is 0.711. The van der Waals surface area contributed by atoms with Crippen molar-refractivity contribution in [1.29, 1.82) is 0 Å². The number of thioether (sulfide) groups is 1. The second-order valence-corrected chi connectivity index (χ2v) is 9.78. The predicted octanol–water partition coefficient (Wildman–Crippen LogP) is 9.00. The molecule has 1 heteroatoms. The van der Waals surface area contributed by atoms with Crippen LogP contribution in [0.4, 0.5) is 0 Å². The standard InChI is InChI=1S/C16H22.C14H18S/c1-7-14-10-16(12(4)5)15(8-11(2)3)9-13(14)6;1-11(15-2)13-9-8-12-6-4-3-5-7-14(12)10-13/h9-10H,2,4,7-8H2,1,3,5-6H3;8-10H,1,3-7H2,2H3. The van der Waals surface area contributed by atoms with Gasteiger partial charge in [0, 0.05) is 4.91 Å². The van der Waals surface area contributed by atoms with Gasteiger partial charge in [-0.25, -0.2) is 0 Å². The first kappa shape index (κ1) is 25.3. The Balaban J connectivity index is 0.000000220. The Kier molecular flexibility index (Phi) is 9.91. The number of benzene rings is 2. The minimum absolute atomic E-state index is 0.951. The van der Waals surface area contributed by atoms with E-state index in [4.69, 9.17) is 0 Å². The van der Waals surface area contributed by atoms with Gasteiger partial charge in [0.05, 0.1) is 0 Å². The summed E-state index contributed by atoms with van der Waals surface area (Å²) in [5, 5.41) is 0. The zero-order chi connectivity index (χ0) is 23.0. The minimum atomic E-state index is 0.951. The van der Waals surface area contributed by atoms with Crippen molar-refractivity contribution in [3.8, 4) is 0 Å². The number of hydrogen-bond acceptors (Lipinski definition) is 1. The Morgan fingerprint density at radius 1 is 0.903 bits per heavy atom. The maximum absolute atomic E-state index is 4.08. The molecule has 0 bridgehead atoms. The smallest absolute Gasteiger partial charge is 0.00698 e. The summed E-state index contributed by atoms with van der Waals surface area (Å²) in [5.41, 5.74) is 12.2. The van der Waals surface area contributed by atoms with E-state index in [0.29, 0.717) is 0 Å². The Labute approximate surface area is 195 Å². The summed E-state index contributed by atoms with van der Waals surface area (Å²) in [6.45, 7) is 20.7. The molecule has 0 amide bonds. The first-order valence-electron chi connectivity index (χ1n) is 11.5. The van der Waals surface area contributed by atoms with Crippen LogP contribution in [0.5, 0.6) is 0 Å². The van der Waals surface area contributed by atoms with Crippen LogP contribution in [-0.4, -0.2) is 6.26 Å². The Morgan fingerprint density at radius 2 is 1.58 bits per heavy atom. The molecule has 3 rings (SSSR count). The van der Waals surface area contributed by atoms with Crippen molar-refractivity contribution >= 4 is 22.2 Å². The fourth-order valence-electron chi connectivity index (χ4n) is 4.26. The summed E-state index contributed by atoms with van der Waals surface area (Å²) in [5.74, 6) is 0. The van der Waals surface area contributed by atoms with Gasteiger partial charge in [0.2, 0.25) is 0 Å². The van der Waals surface area contributed by atoms with Crippen LogP contribution >= 0.6 is 11.8 Å². The Morgan fingerprint density at radius 3 is 2.16 bits per heavy atom. The number of hydrogen-bond donors (Lipinski definition) is 0. The first-order chi connectivity index (χ1) is 14.8. The molecule has 0 spiro atoms. The van der Waals surface area contributed by atoms with E-state index in [1.165, 1.54) is 70.4 Å². The lowest BCUT2D eigenvalue weighted by Gasteiger charge is -2.14. The topological polar surface area (TPSA) is 0 Å². The maximum Gasteiger partial charge on any atom is 0.00698 e. The molecule has 0 aliphatic heterocycles. The van der Waals surface area contributed by atoms with Crippen LogP contribution in [0.15, 0.2) is 55.6 Å². The highest BCUT2D eigenvalue weighted by atomic mass is 32.2. The van der Waals surface area contributed by atoms with Crippen LogP contribution in [0, 0.1) is 6.92 Å². The molecule has 31 heavy (non-hydrogen) atoms. The largest absolute Gasteiger partial charge is 0.130 e. The highest BCUT2D eigenvalue weighted by molar-refractivity contribution is 8.07. The zero-order valence-electron chi connectivity index (χ0n) is 20.4. The van der Waals surface area contributed by atoms with Gasteiger partial charge in [-0.1, -0.05) is 74.6 Å². The van der Waals surface area contributed by atoms with Gasteiger partial charge in [0.15, 0.2) is 0 Å². The van der Waals surface area contributed by atoms with Gasteiger partial charge in [-0.15, -0.1) is 11.8 Å². The van der Waals surface area contributed by atoms with Gasteiger partial charge in [-0.05, 0) is 104 Å². The molecule has 2 aromatic rings. The molecule has 0 radical (unpaired) electrons. The molecule has 0 saturated heterocycles. The fourth-order valence-corrected chi connectivity index (χ4v) is 4.63. The molecule has 1 aliphatic rings. The second kappa shape index (κ2) is 12.2. The summed E-state index contributed by atoms with van der Waals surface area (Å²) < 4.78 is 0. The molecule has 0 N–H and O–H groups in total. The molecule has 0 aromatic heterocycles. The van der Waals surface area contributed by atoms with E-state index < -0.39 is 0 Å². The molecular weight excluding hydrogens is 392 g/mol. The minimum Gasteiger partial charge on any atom is -0.130 e. The van der Waals surface area contributed by atoms with Crippen molar-refractivity contribution in [3.05, 3.63) is 94.6 Å². The van der Waals surface area contributed by atoms with Crippen molar-refractivity contribution < 1.29 is 0 Å². The van der Waals surface area contributed by atoms with Crippen LogP contribution in [-0.2, 0) is 25.7 Å². The van der Waals surface area contributed by atoms with Crippen LogP contribution in [0.3, 0.4) is 0 Å². The molecular formula is C30H40S. The van der Waals surface area contributed by atoms with Crippen molar-refractivity contribution in [2.24, 2.45) is 0 Å². The van der Waals surface area contributed by atoms with E-state index in [0.717, 1.165) is 18.4 Å². The van der Waals surface area contributed by atoms with Crippen molar-refractivity contribution in [2.45, 2.75) is 72.6 Å². The number of fused-ring (bicyclic) bond motifs is 1. The van der Waals surface area contributed by atoms with Crippen molar-refractivity contribution in [2.75, 3.05) is 6.26 Å². The van der Waals surface area contributed by atoms with E-state index >= 15 is 0 Å². The Hall–Kier alpha value is -1.99. The summed E-state index contributed by atoms with van der Waals surface area (Å²) in [7, 11) is 0. The summed E-state index contributed by atoms with van der Waals surface area (Å²) in [4.78, 5) is 1.18. The molecule has 166 valence electrons. The summed E-state index contributed by atoms with van der Waals surface area (Å²) in [6, 6.07) is 11.5. The molecule has 1 aliphatic carbocycles. The van der Waals surface area contributed by atoms with Crippen LogP contribution < -0.4 is 0 Å². The first-order valence-corrected chi connectivity index (χ1v) is 12.8. The third-order valence-corrected chi connectivity index (χ3v) is 6.79. The number of rotatable bonds is 6. The SMILES string of the molecule is C=C(C)Cc1cc(C)c(CC)cc1C(=C)C.C=C(SC)c1ccc2c(c1)CCCCC2. The average Bonchev–Trinajstić information content (AvgIpc) is 2.98. The zero-order valence-corrected chi connectivity index (χ0v) is 21.2. The number of aryl methyl sites for hydroxylation is 4. The van der Waals surface area contributed by atoms with Crippen molar-refractivity contribution in [1.82, 2.24) is 0 Å². The lowest BCUT2D eigenvalue weighted by atomic mass is 9.91. The van der Waals surface area contributed by atoms with Gasteiger partial charge in [0.1, 0.15) is 0 Å². The van der Waals surface area contributed by atoms with Gasteiger partial charge in [-0.3, -0.25) is 0 Å². The maximum atomic E-state index is 4.08. The number of allylic oxidation sites excluding steroid dienone is 2. The van der Waals surface area contributed by atoms with Gasteiger partial charge < -0.3 is 0 Å². The van der Waals surface area contributed by atoms with E-state index in [-0.39, 0.29) is 0 Å². The summed E-state index contributed by atoms with van der Waals surface area (Å²) in [6.07, 6.45) is 10.7. The molecule has 0 saturated carbocycles. The highest BCUT2D eigenvalue weighted by Gasteiger charge is 2.09. The molecule has 0 atom stereocenters. The molecule has 0 nitrogen and oxygen atoms in total. The normalized spacial score (nSPS) is 12.8. The van der Waals surface area contributed by atoms with E-state index in [9.17, 15) is 0 Å². The molecule has 0 fully saturated rings. The van der Waals surface area contributed by atoms with Crippen LogP contribution in [0.25, 0.3) is 10.5 Å². The molecule has 2 aromatic carbocycles. The van der Waals surface area contributed by atoms with E-state index in [1.54, 1.807) is 22.9 Å².